The molecule has 2 N–H and O–H groups in total. The Hall–Kier alpha value is -3.60. The minimum absolute atomic E-state index is 0.116. The third-order valence-electron chi connectivity index (χ3n) is 4.31. The molecular formula is C20H16F3N3O4S. The quantitative estimate of drug-likeness (QED) is 0.621. The molecule has 1 heterocycles. The van der Waals surface area contributed by atoms with E-state index in [1.54, 1.807) is 18.2 Å². The molecule has 162 valence electrons. The Labute approximate surface area is 175 Å². The molecule has 0 aliphatic carbocycles. The number of pyridine rings is 1. The first-order valence-corrected chi connectivity index (χ1v) is 10.2. The van der Waals surface area contributed by atoms with E-state index in [9.17, 15) is 31.2 Å². The summed E-state index contributed by atoms with van der Waals surface area (Å²) >= 11 is 0. The zero-order chi connectivity index (χ0) is 22.8. The lowest BCUT2D eigenvalue weighted by Gasteiger charge is -2.19. The molecule has 0 spiro atoms. The summed E-state index contributed by atoms with van der Waals surface area (Å²) in [5.74, 6) is -0.975. The van der Waals surface area contributed by atoms with Crippen molar-refractivity contribution in [3.63, 3.8) is 0 Å². The molecule has 0 aliphatic rings. The molecule has 0 fully saturated rings. The molecule has 0 unspecified atom stereocenters. The van der Waals surface area contributed by atoms with E-state index < -0.39 is 43.7 Å². The van der Waals surface area contributed by atoms with E-state index in [2.05, 4.69) is 9.71 Å². The number of benzene rings is 2. The molecule has 2 aromatic carbocycles. The van der Waals surface area contributed by atoms with Gasteiger partial charge in [-0.3, -0.25) is 14.3 Å². The Morgan fingerprint density at radius 1 is 1.03 bits per heavy atom. The van der Waals surface area contributed by atoms with Crippen LogP contribution in [0.2, 0.25) is 0 Å². The number of halogens is 3. The number of rotatable bonds is 5. The number of sulfonamides is 1. The molecule has 7 nitrogen and oxygen atoms in total. The van der Waals surface area contributed by atoms with Gasteiger partial charge in [0.25, 0.3) is 21.5 Å². The third kappa shape index (κ3) is 4.94. The van der Waals surface area contributed by atoms with Crippen LogP contribution in [-0.4, -0.2) is 26.4 Å². The van der Waals surface area contributed by atoms with E-state index in [1.807, 2.05) is 0 Å². The molecule has 1 aromatic heterocycles. The average Bonchev–Trinajstić information content (AvgIpc) is 2.73. The molecule has 3 rings (SSSR count). The van der Waals surface area contributed by atoms with Crippen LogP contribution >= 0.6 is 0 Å². The van der Waals surface area contributed by atoms with Gasteiger partial charge in [0.2, 0.25) is 0 Å². The lowest BCUT2D eigenvalue weighted by molar-refractivity contribution is -0.137. The van der Waals surface area contributed by atoms with Crippen molar-refractivity contribution in [1.82, 2.24) is 4.98 Å². The van der Waals surface area contributed by atoms with Crippen LogP contribution in [0.1, 0.15) is 15.9 Å². The second-order valence-corrected chi connectivity index (χ2v) is 8.14. The Bertz CT molecular complexity index is 1270. The van der Waals surface area contributed by atoms with E-state index in [0.717, 1.165) is 35.4 Å². The van der Waals surface area contributed by atoms with E-state index in [4.69, 9.17) is 0 Å². The number of carbonyl (C=O) groups excluding carboxylic acids is 1. The molecule has 31 heavy (non-hydrogen) atoms. The fraction of sp³-hybridized carbons (Fsp3) is 0.100. The van der Waals surface area contributed by atoms with Gasteiger partial charge < -0.3 is 9.88 Å². The molecule has 11 heteroatoms. The Balaban J connectivity index is 1.94. The number of nitrogens with one attached hydrogen (secondary N) is 2. The van der Waals surface area contributed by atoms with Crippen LogP contribution in [0.3, 0.4) is 0 Å². The monoisotopic (exact) mass is 451 g/mol. The number of nitrogens with zero attached hydrogens (tertiary/aromatic N) is 1. The van der Waals surface area contributed by atoms with Crippen LogP contribution < -0.4 is 15.2 Å². The standard InChI is InChI=1S/C20H16F3N3O4S/c1-26(15-9-5-6-13(10-15)20(21,22)23)19(28)17-11-16(12-24-18(17)27)31(29,30)25-14-7-3-2-4-8-14/h2-12,25H,1H3,(H,24,27). The van der Waals surface area contributed by atoms with Crippen molar-refractivity contribution in [3.8, 4) is 0 Å². The zero-order valence-electron chi connectivity index (χ0n) is 16.0. The average molecular weight is 451 g/mol. The number of aromatic amines is 1. The molecular weight excluding hydrogens is 435 g/mol. The maximum atomic E-state index is 13.0. The highest BCUT2D eigenvalue weighted by Gasteiger charge is 2.31. The van der Waals surface area contributed by atoms with E-state index >= 15 is 0 Å². The number of anilines is 2. The van der Waals surface area contributed by atoms with E-state index in [1.165, 1.54) is 25.2 Å². The minimum Gasteiger partial charge on any atom is -0.327 e. The molecule has 3 aromatic rings. The summed E-state index contributed by atoms with van der Waals surface area (Å²) in [6.45, 7) is 0. The second-order valence-electron chi connectivity index (χ2n) is 6.46. The first kappa shape index (κ1) is 22.1. The molecule has 0 aliphatic heterocycles. The van der Waals surface area contributed by atoms with Gasteiger partial charge >= 0.3 is 6.18 Å². The highest BCUT2D eigenvalue weighted by molar-refractivity contribution is 7.92. The van der Waals surface area contributed by atoms with Crippen molar-refractivity contribution in [2.24, 2.45) is 0 Å². The SMILES string of the molecule is CN(C(=O)c1cc(S(=O)(=O)Nc2ccccc2)c[nH]c1=O)c1cccc(C(F)(F)F)c1. The van der Waals surface area contributed by atoms with Crippen molar-refractivity contribution >= 4 is 27.3 Å². The number of carbonyl (C=O) groups is 1. The van der Waals surface area contributed by atoms with Gasteiger partial charge in [-0.25, -0.2) is 8.42 Å². The number of amides is 1. The van der Waals surface area contributed by atoms with Crippen LogP contribution in [0.4, 0.5) is 24.5 Å². The van der Waals surface area contributed by atoms with Gasteiger partial charge in [0.15, 0.2) is 0 Å². The Kier molecular flexibility index (Phi) is 5.89. The van der Waals surface area contributed by atoms with Gasteiger partial charge in [-0.2, -0.15) is 13.2 Å². The van der Waals surface area contributed by atoms with Crippen molar-refractivity contribution in [2.75, 3.05) is 16.7 Å². The number of para-hydroxylation sites is 1. The van der Waals surface area contributed by atoms with Crippen LogP contribution in [0, 0.1) is 0 Å². The summed E-state index contributed by atoms with van der Waals surface area (Å²) in [5, 5.41) is 0. The van der Waals surface area contributed by atoms with E-state index in [0.29, 0.717) is 0 Å². The summed E-state index contributed by atoms with van der Waals surface area (Å²) in [7, 11) is -2.96. The summed E-state index contributed by atoms with van der Waals surface area (Å²) in [5.41, 5.74) is -2.25. The predicted molar refractivity (Wildman–Crippen MR) is 108 cm³/mol. The van der Waals surface area contributed by atoms with Crippen molar-refractivity contribution < 1.29 is 26.4 Å². The highest BCUT2D eigenvalue weighted by atomic mass is 32.2. The lowest BCUT2D eigenvalue weighted by Crippen LogP contribution is -2.32. The van der Waals surface area contributed by atoms with Gasteiger partial charge in [0.1, 0.15) is 10.5 Å². The lowest BCUT2D eigenvalue weighted by atomic mass is 10.1. The molecule has 1 amide bonds. The normalized spacial score (nSPS) is 11.7. The number of alkyl halides is 3. The van der Waals surface area contributed by atoms with Crippen molar-refractivity contribution in [2.45, 2.75) is 11.1 Å². The summed E-state index contributed by atoms with van der Waals surface area (Å²) in [6.07, 6.45) is -3.69. The number of hydrogen-bond donors (Lipinski definition) is 2. The van der Waals surface area contributed by atoms with Gasteiger partial charge in [0, 0.05) is 24.6 Å². The smallest absolute Gasteiger partial charge is 0.327 e. The van der Waals surface area contributed by atoms with Crippen molar-refractivity contribution in [3.05, 3.63) is 88.3 Å². The third-order valence-corrected chi connectivity index (χ3v) is 5.67. The number of hydrogen-bond acceptors (Lipinski definition) is 4. The first-order valence-electron chi connectivity index (χ1n) is 8.75. The van der Waals surface area contributed by atoms with Gasteiger partial charge in [0.05, 0.1) is 5.56 Å². The summed E-state index contributed by atoms with van der Waals surface area (Å²) in [6, 6.07) is 12.8. The minimum atomic E-state index is -4.62. The molecule has 0 saturated carbocycles. The maximum Gasteiger partial charge on any atom is 0.416 e. The Morgan fingerprint density at radius 2 is 1.71 bits per heavy atom. The topological polar surface area (TPSA) is 99.3 Å². The van der Waals surface area contributed by atoms with Gasteiger partial charge in [-0.15, -0.1) is 0 Å². The van der Waals surface area contributed by atoms with E-state index in [-0.39, 0.29) is 11.4 Å². The van der Waals surface area contributed by atoms with Crippen LogP contribution in [0.25, 0.3) is 0 Å². The molecule has 0 atom stereocenters. The molecule has 0 saturated heterocycles. The Morgan fingerprint density at radius 3 is 2.35 bits per heavy atom. The number of aromatic nitrogens is 1. The predicted octanol–water partition coefficient (Wildman–Crippen LogP) is 3.47. The largest absolute Gasteiger partial charge is 0.416 e. The molecule has 0 radical (unpaired) electrons. The second kappa shape index (κ2) is 8.26. The highest BCUT2D eigenvalue weighted by Crippen LogP contribution is 2.31. The summed E-state index contributed by atoms with van der Waals surface area (Å²) < 4.78 is 66.4. The van der Waals surface area contributed by atoms with Crippen LogP contribution in [0.5, 0.6) is 0 Å². The summed E-state index contributed by atoms with van der Waals surface area (Å²) in [4.78, 5) is 27.6. The molecule has 0 bridgehead atoms. The fourth-order valence-corrected chi connectivity index (χ4v) is 3.74. The van der Waals surface area contributed by atoms with Crippen molar-refractivity contribution in [1.29, 1.82) is 0 Å². The van der Waals surface area contributed by atoms with Crippen LogP contribution in [0.15, 0.2) is 76.6 Å². The van der Waals surface area contributed by atoms with Gasteiger partial charge in [-0.05, 0) is 36.4 Å². The number of H-pyrrole nitrogens is 1. The maximum absolute atomic E-state index is 13.0. The van der Waals surface area contributed by atoms with Crippen LogP contribution in [-0.2, 0) is 16.2 Å². The zero-order valence-corrected chi connectivity index (χ0v) is 16.8. The first-order chi connectivity index (χ1) is 14.5. The fourth-order valence-electron chi connectivity index (χ4n) is 2.69. The van der Waals surface area contributed by atoms with Gasteiger partial charge in [-0.1, -0.05) is 24.3 Å².